The summed E-state index contributed by atoms with van der Waals surface area (Å²) in [4.78, 5) is 13.1. The van der Waals surface area contributed by atoms with E-state index in [0.717, 1.165) is 29.6 Å². The zero-order chi connectivity index (χ0) is 17.2. The van der Waals surface area contributed by atoms with Gasteiger partial charge in [-0.05, 0) is 24.3 Å². The van der Waals surface area contributed by atoms with Gasteiger partial charge in [-0.2, -0.15) is 0 Å². The van der Waals surface area contributed by atoms with Crippen LogP contribution in [0.4, 0.5) is 5.82 Å². The van der Waals surface area contributed by atoms with Crippen LogP contribution in [0.2, 0.25) is 0 Å². The summed E-state index contributed by atoms with van der Waals surface area (Å²) in [7, 11) is 1.69. The zero-order valence-electron chi connectivity index (χ0n) is 14.7. The van der Waals surface area contributed by atoms with Crippen LogP contribution in [0.25, 0.3) is 21.3 Å². The van der Waals surface area contributed by atoms with Gasteiger partial charge in [-0.3, -0.25) is 0 Å². The number of ether oxygens (including phenoxy) is 1. The van der Waals surface area contributed by atoms with Crippen molar-refractivity contribution in [2.24, 2.45) is 5.92 Å². The van der Waals surface area contributed by atoms with Gasteiger partial charge in [-0.15, -0.1) is 11.3 Å². The normalized spacial score (nSPS) is 18.0. The van der Waals surface area contributed by atoms with Crippen LogP contribution in [-0.4, -0.2) is 30.2 Å². The van der Waals surface area contributed by atoms with Crippen molar-refractivity contribution in [2.75, 3.05) is 25.1 Å². The third-order valence-corrected chi connectivity index (χ3v) is 5.65. The molecule has 5 heteroatoms. The SMILES string of the molecule is COCc1nc(N2CCCC(C)C2)c2c(-c3ccccc3)csc2n1. The minimum atomic E-state index is 0.449. The van der Waals surface area contributed by atoms with E-state index in [1.807, 2.05) is 0 Å². The van der Waals surface area contributed by atoms with Gasteiger partial charge in [0, 0.05) is 31.1 Å². The van der Waals surface area contributed by atoms with Crippen molar-refractivity contribution in [1.82, 2.24) is 9.97 Å². The Labute approximate surface area is 152 Å². The number of thiophene rings is 1. The highest BCUT2D eigenvalue weighted by molar-refractivity contribution is 7.17. The van der Waals surface area contributed by atoms with Gasteiger partial charge < -0.3 is 9.64 Å². The Kier molecular flexibility index (Phi) is 4.68. The molecule has 3 aromatic rings. The monoisotopic (exact) mass is 353 g/mol. The Bertz CT molecular complexity index is 862. The Morgan fingerprint density at radius 3 is 2.84 bits per heavy atom. The number of piperidine rings is 1. The Hall–Kier alpha value is -1.98. The van der Waals surface area contributed by atoms with Gasteiger partial charge in [0.1, 0.15) is 17.3 Å². The molecule has 1 atom stereocenters. The molecule has 1 aliphatic rings. The van der Waals surface area contributed by atoms with Crippen molar-refractivity contribution in [3.63, 3.8) is 0 Å². The average Bonchev–Trinajstić information content (AvgIpc) is 3.06. The molecule has 1 fully saturated rings. The molecular formula is C20H23N3OS. The van der Waals surface area contributed by atoms with Crippen LogP contribution in [0, 0.1) is 5.92 Å². The van der Waals surface area contributed by atoms with Crippen LogP contribution in [0.15, 0.2) is 35.7 Å². The van der Waals surface area contributed by atoms with Gasteiger partial charge in [0.2, 0.25) is 0 Å². The number of fused-ring (bicyclic) bond motifs is 1. The molecule has 1 unspecified atom stereocenters. The number of aromatic nitrogens is 2. The molecule has 0 amide bonds. The molecular weight excluding hydrogens is 330 g/mol. The van der Waals surface area contributed by atoms with E-state index >= 15 is 0 Å². The molecule has 1 aliphatic heterocycles. The van der Waals surface area contributed by atoms with Crippen molar-refractivity contribution in [1.29, 1.82) is 0 Å². The van der Waals surface area contributed by atoms with Crippen molar-refractivity contribution < 1.29 is 4.74 Å². The van der Waals surface area contributed by atoms with Crippen LogP contribution in [-0.2, 0) is 11.3 Å². The minimum Gasteiger partial charge on any atom is -0.377 e. The molecule has 0 saturated carbocycles. The van der Waals surface area contributed by atoms with Crippen molar-refractivity contribution in [2.45, 2.75) is 26.4 Å². The molecule has 4 rings (SSSR count). The molecule has 0 N–H and O–H groups in total. The summed E-state index contributed by atoms with van der Waals surface area (Å²) in [6.07, 6.45) is 2.52. The molecule has 0 spiro atoms. The highest BCUT2D eigenvalue weighted by Gasteiger charge is 2.23. The second-order valence-corrected chi connectivity index (χ2v) is 7.64. The Balaban J connectivity index is 1.89. The van der Waals surface area contributed by atoms with E-state index in [0.29, 0.717) is 12.5 Å². The zero-order valence-corrected chi connectivity index (χ0v) is 15.6. The van der Waals surface area contributed by atoms with E-state index in [9.17, 15) is 0 Å². The first-order chi connectivity index (χ1) is 12.3. The highest BCUT2D eigenvalue weighted by Crippen LogP contribution is 2.39. The first-order valence-electron chi connectivity index (χ1n) is 8.83. The molecule has 130 valence electrons. The predicted molar refractivity (Wildman–Crippen MR) is 104 cm³/mol. The molecule has 1 aromatic carbocycles. The summed E-state index contributed by atoms with van der Waals surface area (Å²) >= 11 is 1.69. The number of anilines is 1. The van der Waals surface area contributed by atoms with E-state index < -0.39 is 0 Å². The summed E-state index contributed by atoms with van der Waals surface area (Å²) in [5, 5.41) is 3.40. The standard InChI is InChI=1S/C20H23N3OS/c1-14-7-6-10-23(11-14)19-18-16(15-8-4-3-5-9-15)13-25-20(18)22-17(21-19)12-24-2/h3-5,8-9,13-14H,6-7,10-12H2,1-2H3. The maximum absolute atomic E-state index is 5.29. The van der Waals surface area contributed by atoms with Crippen LogP contribution in [0.3, 0.4) is 0 Å². The summed E-state index contributed by atoms with van der Waals surface area (Å²) < 4.78 is 5.29. The van der Waals surface area contributed by atoms with E-state index in [4.69, 9.17) is 14.7 Å². The fourth-order valence-corrected chi connectivity index (χ4v) is 4.56. The van der Waals surface area contributed by atoms with Gasteiger partial charge in [0.25, 0.3) is 0 Å². The van der Waals surface area contributed by atoms with Gasteiger partial charge in [0.15, 0.2) is 5.82 Å². The third kappa shape index (κ3) is 3.26. The van der Waals surface area contributed by atoms with Gasteiger partial charge in [-0.25, -0.2) is 9.97 Å². The van der Waals surface area contributed by atoms with Crippen molar-refractivity contribution in [3.8, 4) is 11.1 Å². The lowest BCUT2D eigenvalue weighted by Crippen LogP contribution is -2.35. The van der Waals surface area contributed by atoms with Gasteiger partial charge in [-0.1, -0.05) is 37.3 Å². The van der Waals surface area contributed by atoms with Crippen molar-refractivity contribution >= 4 is 27.4 Å². The molecule has 1 saturated heterocycles. The number of methoxy groups -OCH3 is 1. The fourth-order valence-electron chi connectivity index (χ4n) is 3.60. The summed E-state index contributed by atoms with van der Waals surface area (Å²) in [5.41, 5.74) is 2.46. The smallest absolute Gasteiger partial charge is 0.158 e. The van der Waals surface area contributed by atoms with E-state index in [1.165, 1.54) is 29.4 Å². The topological polar surface area (TPSA) is 38.2 Å². The second-order valence-electron chi connectivity index (χ2n) is 6.79. The number of rotatable bonds is 4. The lowest BCUT2D eigenvalue weighted by Gasteiger charge is -2.32. The minimum absolute atomic E-state index is 0.449. The number of nitrogens with zero attached hydrogens (tertiary/aromatic N) is 3. The van der Waals surface area contributed by atoms with Gasteiger partial charge >= 0.3 is 0 Å². The van der Waals surface area contributed by atoms with E-state index in [2.05, 4.69) is 47.5 Å². The summed E-state index contributed by atoms with van der Waals surface area (Å²) in [6.45, 7) is 4.90. The summed E-state index contributed by atoms with van der Waals surface area (Å²) in [5.74, 6) is 2.54. The number of benzene rings is 1. The maximum atomic E-state index is 5.29. The molecule has 0 bridgehead atoms. The van der Waals surface area contributed by atoms with E-state index in [-0.39, 0.29) is 0 Å². The average molecular weight is 353 g/mol. The fraction of sp³-hybridized carbons (Fsp3) is 0.400. The largest absolute Gasteiger partial charge is 0.377 e. The van der Waals surface area contributed by atoms with Gasteiger partial charge in [0.05, 0.1) is 5.39 Å². The molecule has 3 heterocycles. The number of hydrogen-bond acceptors (Lipinski definition) is 5. The van der Waals surface area contributed by atoms with Crippen LogP contribution in [0.5, 0.6) is 0 Å². The molecule has 25 heavy (non-hydrogen) atoms. The third-order valence-electron chi connectivity index (χ3n) is 4.78. The van der Waals surface area contributed by atoms with E-state index in [1.54, 1.807) is 18.4 Å². The Morgan fingerprint density at radius 1 is 1.24 bits per heavy atom. The molecule has 2 aromatic heterocycles. The highest BCUT2D eigenvalue weighted by atomic mass is 32.1. The first kappa shape index (κ1) is 16.5. The Morgan fingerprint density at radius 2 is 2.08 bits per heavy atom. The molecule has 0 aliphatic carbocycles. The molecule has 4 nitrogen and oxygen atoms in total. The number of hydrogen-bond donors (Lipinski definition) is 0. The first-order valence-corrected chi connectivity index (χ1v) is 9.71. The lowest BCUT2D eigenvalue weighted by molar-refractivity contribution is 0.178. The lowest BCUT2D eigenvalue weighted by atomic mass is 9.99. The predicted octanol–water partition coefficient (Wildman–Crippen LogP) is 4.74. The van der Waals surface area contributed by atoms with Crippen LogP contribution >= 0.6 is 11.3 Å². The second kappa shape index (κ2) is 7.10. The van der Waals surface area contributed by atoms with Crippen LogP contribution < -0.4 is 4.90 Å². The molecule has 0 radical (unpaired) electrons. The maximum Gasteiger partial charge on any atom is 0.158 e. The summed E-state index contributed by atoms with van der Waals surface area (Å²) in [6, 6.07) is 10.5. The van der Waals surface area contributed by atoms with Crippen LogP contribution in [0.1, 0.15) is 25.6 Å². The quantitative estimate of drug-likeness (QED) is 0.679. The van der Waals surface area contributed by atoms with Crippen molar-refractivity contribution in [3.05, 3.63) is 41.5 Å².